The number of hydrogen-bond acceptors (Lipinski definition) is 13. The van der Waals surface area contributed by atoms with E-state index in [-0.39, 0.29) is 99.0 Å². The number of aliphatic hydroxyl groups excluding tert-OH is 2. The van der Waals surface area contributed by atoms with Gasteiger partial charge in [-0.3, -0.25) is 34.9 Å². The summed E-state index contributed by atoms with van der Waals surface area (Å²) < 4.78 is 0. The minimum absolute atomic E-state index is 0. The molecule has 2 fully saturated rings. The summed E-state index contributed by atoms with van der Waals surface area (Å²) in [4.78, 5) is 47.7. The molecule has 2 bridgehead atoms. The fourth-order valence-corrected chi connectivity index (χ4v) is 9.04. The quantitative estimate of drug-likeness (QED) is 0.130. The molecule has 12 rings (SSSR count). The van der Waals surface area contributed by atoms with Crippen molar-refractivity contribution in [3.8, 4) is 68.2 Å². The number of nitrogens with zero attached hydrogens (tertiary/aromatic N) is 11. The molecule has 0 aliphatic heterocycles. The molecule has 431 valence electrons. The summed E-state index contributed by atoms with van der Waals surface area (Å²) in [5.41, 5.74) is 7.70. The van der Waals surface area contributed by atoms with Gasteiger partial charge in [-0.2, -0.15) is 0 Å². The van der Waals surface area contributed by atoms with Crippen LogP contribution >= 0.6 is 0 Å². The van der Waals surface area contributed by atoms with E-state index >= 15 is 0 Å². The van der Waals surface area contributed by atoms with Crippen molar-refractivity contribution >= 4 is 0 Å². The summed E-state index contributed by atoms with van der Waals surface area (Å²) in [6.45, 7) is 9.76. The van der Waals surface area contributed by atoms with Gasteiger partial charge in [0.25, 0.3) is 0 Å². The molecule has 6 aromatic carbocycles. The van der Waals surface area contributed by atoms with Crippen molar-refractivity contribution in [2.45, 2.75) is 90.3 Å². The Bertz CT molecular complexity index is 3130. The van der Waals surface area contributed by atoms with Gasteiger partial charge < -0.3 is 10.2 Å². The van der Waals surface area contributed by atoms with Crippen LogP contribution in [0.1, 0.15) is 84.2 Å². The van der Waals surface area contributed by atoms with Crippen LogP contribution in [0.4, 0.5) is 0 Å². The van der Waals surface area contributed by atoms with E-state index in [9.17, 15) is 0 Å². The molecule has 2 saturated carbocycles. The molecule has 13 nitrogen and oxygen atoms in total. The Morgan fingerprint density at radius 1 is 0.463 bits per heavy atom. The van der Waals surface area contributed by atoms with Crippen LogP contribution in [0.5, 0.6) is 0 Å². The molecule has 2 N–H and O–H groups in total. The summed E-state index contributed by atoms with van der Waals surface area (Å²) in [6, 6.07) is 65.3. The maximum absolute atomic E-state index is 8.56. The molecule has 4 aromatic heterocycles. The Kier molecular flexibility index (Phi) is 29.4. The minimum Gasteiger partial charge on any atom is -0.393 e. The van der Waals surface area contributed by atoms with Gasteiger partial charge in [0.05, 0.1) is 29.7 Å². The van der Waals surface area contributed by atoms with Crippen LogP contribution in [-0.2, 0) is 86.8 Å². The molecule has 17 heteroatoms. The van der Waals surface area contributed by atoms with E-state index in [1.165, 1.54) is 38.3 Å². The molecule has 5 atom stereocenters. The zero-order chi connectivity index (χ0) is 54.5. The monoisotopic (exact) mass is 1800 g/mol. The second-order valence-electron chi connectivity index (χ2n) is 20.0. The second-order valence-corrected chi connectivity index (χ2v) is 20.0. The van der Waals surface area contributed by atoms with E-state index in [1.807, 2.05) is 164 Å². The van der Waals surface area contributed by atoms with Gasteiger partial charge in [0.2, 0.25) is 0 Å². The molecule has 2 aliphatic carbocycles. The van der Waals surface area contributed by atoms with Crippen molar-refractivity contribution in [3.05, 3.63) is 225 Å². The molecular formula is C65H63Ir3N11O2Pt-4. The van der Waals surface area contributed by atoms with Gasteiger partial charge in [-0.15, -0.1) is 144 Å². The summed E-state index contributed by atoms with van der Waals surface area (Å²) in [5.74, 6) is 6.68. The van der Waals surface area contributed by atoms with Crippen LogP contribution in [0.3, 0.4) is 0 Å². The number of aromatic nitrogens is 11. The molecule has 82 heavy (non-hydrogen) atoms. The van der Waals surface area contributed by atoms with Crippen molar-refractivity contribution in [1.82, 2.24) is 54.8 Å². The van der Waals surface area contributed by atoms with Crippen LogP contribution < -0.4 is 0 Å². The predicted octanol–water partition coefficient (Wildman–Crippen LogP) is 12.6. The van der Waals surface area contributed by atoms with E-state index in [0.29, 0.717) is 35.6 Å². The van der Waals surface area contributed by atoms with Crippen LogP contribution in [0, 0.1) is 36.1 Å². The fourth-order valence-electron chi connectivity index (χ4n) is 9.04. The van der Waals surface area contributed by atoms with Crippen LogP contribution in [0.2, 0.25) is 0 Å². The molecule has 0 saturated heterocycles. The van der Waals surface area contributed by atoms with Crippen LogP contribution in [0.15, 0.2) is 189 Å². The molecule has 3 radical (unpaired) electrons. The molecule has 0 amide bonds. The third-order valence-corrected chi connectivity index (χ3v) is 12.8. The predicted molar refractivity (Wildman–Crippen MR) is 304 cm³/mol. The van der Waals surface area contributed by atoms with Gasteiger partial charge in [-0.05, 0) is 57.1 Å². The standard InChI is InChI=1S/C16H16N3.2C15H10N3.C14H15N2.C5H12O2.3Ir.Pt/c1-2-4-12(5-3-1)15-17-10-18-16(19-15)14-9-11-6-7-13(14)8-11;2*1-3-7-12(8-4-1)14-16-11-17-15(18-14)13-9-5-2-6-10-13;1-14(2,3)13-9-12(15-10-16-13)11-7-5-4-6-8-11;1-4(6)3-5(2)7;;;;/h1-4,10-11,13-14H,6-9H2;2*1-9,11H;4-7,9-10H,1-3H3;4-7H,3H2,1-2H3;;;;/q4*-1;;;;;. The normalized spacial score (nSPS) is 15.0. The molecule has 0 spiro atoms. The van der Waals surface area contributed by atoms with Gasteiger partial charge in [-0.1, -0.05) is 93.9 Å². The molecule has 10 aromatic rings. The smallest absolute Gasteiger partial charge is 0.153 e. The average Bonchev–Trinajstić information content (AvgIpc) is 4.27. The summed E-state index contributed by atoms with van der Waals surface area (Å²) in [6.07, 6.45) is 11.5. The maximum Gasteiger partial charge on any atom is 0.153 e. The SMILES string of the molecule is CC(C)(C)c1cc(-c2[c-]cccc2)ncn1.CC(O)CC(C)O.[Ir].[Ir].[Ir].[Pt].[c-]1ccccc1-c1ncnc(-c2ccccc2)n1.[c-]1ccccc1-c1ncnc(-c2ccccc2)n1.[c-]1ccccc1-c1ncnc(C2CC3CCC2C3)n1. The van der Waals surface area contributed by atoms with E-state index in [4.69, 9.17) is 15.2 Å². The third kappa shape index (κ3) is 21.0. The Morgan fingerprint density at radius 3 is 1.24 bits per heavy atom. The van der Waals surface area contributed by atoms with E-state index in [2.05, 4.69) is 94.9 Å². The van der Waals surface area contributed by atoms with Crippen molar-refractivity contribution in [2.75, 3.05) is 0 Å². The van der Waals surface area contributed by atoms with E-state index in [1.54, 1.807) is 26.5 Å². The molecular weight excluding hydrogens is 1740 g/mol. The summed E-state index contributed by atoms with van der Waals surface area (Å²) in [5, 5.41) is 17.1. The summed E-state index contributed by atoms with van der Waals surface area (Å²) in [7, 11) is 0. The van der Waals surface area contributed by atoms with Gasteiger partial charge >= 0.3 is 0 Å². The van der Waals surface area contributed by atoms with Gasteiger partial charge in [-0.25, -0.2) is 19.9 Å². The largest absolute Gasteiger partial charge is 0.393 e. The Morgan fingerprint density at radius 2 is 0.866 bits per heavy atom. The van der Waals surface area contributed by atoms with Crippen molar-refractivity contribution in [3.63, 3.8) is 0 Å². The first kappa shape index (κ1) is 68.5. The fraction of sp³-hybridized carbons (Fsp3) is 0.246. The maximum atomic E-state index is 8.56. The third-order valence-electron chi connectivity index (χ3n) is 12.8. The second kappa shape index (κ2) is 35.2. The van der Waals surface area contributed by atoms with Crippen LogP contribution in [0.25, 0.3) is 68.2 Å². The van der Waals surface area contributed by atoms with Crippen molar-refractivity contribution < 1.29 is 91.6 Å². The van der Waals surface area contributed by atoms with Gasteiger partial charge in [0, 0.05) is 110 Å². The number of hydrogen-bond donors (Lipinski definition) is 2. The van der Waals surface area contributed by atoms with E-state index < -0.39 is 0 Å². The summed E-state index contributed by atoms with van der Waals surface area (Å²) >= 11 is 0. The number of benzene rings is 6. The van der Waals surface area contributed by atoms with Gasteiger partial charge in [0.1, 0.15) is 31.1 Å². The average molecular weight is 1800 g/mol. The molecule has 5 unspecified atom stereocenters. The molecule has 2 aliphatic rings. The Hall–Kier alpha value is -6.01. The number of fused-ring (bicyclic) bond motifs is 2. The number of aliphatic hydroxyl groups is 2. The number of rotatable bonds is 9. The topological polar surface area (TPSA) is 182 Å². The van der Waals surface area contributed by atoms with Gasteiger partial charge in [0.15, 0.2) is 11.6 Å². The Labute approximate surface area is 537 Å². The van der Waals surface area contributed by atoms with Crippen LogP contribution in [-0.4, -0.2) is 77.2 Å². The van der Waals surface area contributed by atoms with Crippen molar-refractivity contribution in [2.24, 2.45) is 11.8 Å². The first-order valence-electron chi connectivity index (χ1n) is 26.2. The minimum atomic E-state index is -0.375. The Balaban J connectivity index is 0.000000223. The van der Waals surface area contributed by atoms with E-state index in [0.717, 1.165) is 68.3 Å². The zero-order valence-electron chi connectivity index (χ0n) is 46.0. The molecule has 4 heterocycles. The first-order valence-corrected chi connectivity index (χ1v) is 26.2. The first-order chi connectivity index (χ1) is 38.0. The zero-order valence-corrected chi connectivity index (χ0v) is 55.4. The van der Waals surface area contributed by atoms with Crippen molar-refractivity contribution in [1.29, 1.82) is 0 Å².